The molecule has 0 radical (unpaired) electrons. The molecule has 0 saturated carbocycles. The normalized spacial score (nSPS) is 21.6. The van der Waals surface area contributed by atoms with Crippen LogP contribution in [-0.2, 0) is 17.8 Å². The Morgan fingerprint density at radius 2 is 2.43 bits per heavy atom. The van der Waals surface area contributed by atoms with E-state index >= 15 is 0 Å². The van der Waals surface area contributed by atoms with Gasteiger partial charge in [0, 0.05) is 13.0 Å². The first-order valence-electron chi connectivity index (χ1n) is 4.92. The summed E-state index contributed by atoms with van der Waals surface area (Å²) in [6.07, 6.45) is 4.28. The van der Waals surface area contributed by atoms with Crippen molar-refractivity contribution in [2.24, 2.45) is 0 Å². The SMILES string of the molecule is OCc1noc(CCC2CCCO2)n1. The van der Waals surface area contributed by atoms with Gasteiger partial charge in [-0.15, -0.1) is 0 Å². The van der Waals surface area contributed by atoms with Gasteiger partial charge in [0.15, 0.2) is 5.82 Å². The van der Waals surface area contributed by atoms with Crippen molar-refractivity contribution in [2.45, 2.75) is 38.4 Å². The van der Waals surface area contributed by atoms with Crippen molar-refractivity contribution in [3.63, 3.8) is 0 Å². The summed E-state index contributed by atoms with van der Waals surface area (Å²) < 4.78 is 10.4. The van der Waals surface area contributed by atoms with Crippen LogP contribution in [0.15, 0.2) is 4.52 Å². The Balaban J connectivity index is 1.79. The Labute approximate surface area is 82.1 Å². The first-order valence-corrected chi connectivity index (χ1v) is 4.92. The van der Waals surface area contributed by atoms with Crippen LogP contribution in [0.1, 0.15) is 31.0 Å². The molecule has 2 rings (SSSR count). The molecule has 1 saturated heterocycles. The summed E-state index contributed by atoms with van der Waals surface area (Å²) in [6, 6.07) is 0. The van der Waals surface area contributed by atoms with Gasteiger partial charge in [0.05, 0.1) is 6.10 Å². The minimum Gasteiger partial charge on any atom is -0.388 e. The topological polar surface area (TPSA) is 68.4 Å². The van der Waals surface area contributed by atoms with Gasteiger partial charge in [-0.3, -0.25) is 0 Å². The maximum atomic E-state index is 8.72. The lowest BCUT2D eigenvalue weighted by molar-refractivity contribution is 0.102. The fourth-order valence-corrected chi connectivity index (χ4v) is 1.61. The zero-order valence-corrected chi connectivity index (χ0v) is 7.98. The van der Waals surface area contributed by atoms with Gasteiger partial charge < -0.3 is 14.4 Å². The third-order valence-corrected chi connectivity index (χ3v) is 2.36. The summed E-state index contributed by atoms with van der Waals surface area (Å²) >= 11 is 0. The Hall–Kier alpha value is -0.940. The molecule has 1 fully saturated rings. The highest BCUT2D eigenvalue weighted by atomic mass is 16.5. The molecule has 1 aromatic heterocycles. The lowest BCUT2D eigenvalue weighted by Crippen LogP contribution is -2.06. The molecule has 2 heterocycles. The Bertz CT molecular complexity index is 281. The third kappa shape index (κ3) is 2.30. The fourth-order valence-electron chi connectivity index (χ4n) is 1.61. The van der Waals surface area contributed by atoms with E-state index in [2.05, 4.69) is 10.1 Å². The standard InChI is InChI=1S/C9H14N2O3/c12-6-8-10-9(14-11-8)4-3-7-2-1-5-13-7/h7,12H,1-6H2. The van der Waals surface area contributed by atoms with Crippen molar-refractivity contribution in [1.82, 2.24) is 10.1 Å². The molecule has 0 aromatic carbocycles. The van der Waals surface area contributed by atoms with Crippen molar-refractivity contribution < 1.29 is 14.4 Å². The molecule has 1 unspecified atom stereocenters. The van der Waals surface area contributed by atoms with Gasteiger partial charge in [-0.1, -0.05) is 5.16 Å². The second kappa shape index (κ2) is 4.52. The molecule has 5 nitrogen and oxygen atoms in total. The van der Waals surface area contributed by atoms with E-state index in [9.17, 15) is 0 Å². The van der Waals surface area contributed by atoms with Gasteiger partial charge in [-0.2, -0.15) is 4.98 Å². The van der Waals surface area contributed by atoms with Crippen LogP contribution in [0.4, 0.5) is 0 Å². The highest BCUT2D eigenvalue weighted by Crippen LogP contribution is 2.17. The molecule has 1 aliphatic rings. The highest BCUT2D eigenvalue weighted by Gasteiger charge is 2.16. The average Bonchev–Trinajstić information content (AvgIpc) is 2.86. The predicted octanol–water partition coefficient (Wildman–Crippen LogP) is 0.673. The van der Waals surface area contributed by atoms with Crippen molar-refractivity contribution in [2.75, 3.05) is 6.61 Å². The second-order valence-electron chi connectivity index (χ2n) is 3.44. The largest absolute Gasteiger partial charge is 0.388 e. The molecule has 0 bridgehead atoms. The third-order valence-electron chi connectivity index (χ3n) is 2.36. The van der Waals surface area contributed by atoms with Gasteiger partial charge in [0.1, 0.15) is 6.61 Å². The quantitative estimate of drug-likeness (QED) is 0.770. The Morgan fingerprint density at radius 3 is 3.07 bits per heavy atom. The molecule has 0 spiro atoms. The van der Waals surface area contributed by atoms with Crippen LogP contribution in [0.25, 0.3) is 0 Å². The maximum Gasteiger partial charge on any atom is 0.226 e. The zero-order valence-electron chi connectivity index (χ0n) is 7.98. The fraction of sp³-hybridized carbons (Fsp3) is 0.778. The van der Waals surface area contributed by atoms with Crippen molar-refractivity contribution in [1.29, 1.82) is 0 Å². The summed E-state index contributed by atoms with van der Waals surface area (Å²) in [4.78, 5) is 4.01. The number of rotatable bonds is 4. The van der Waals surface area contributed by atoms with Crippen LogP contribution in [-0.4, -0.2) is 28.0 Å². The summed E-state index contributed by atoms with van der Waals surface area (Å²) in [6.45, 7) is 0.708. The summed E-state index contributed by atoms with van der Waals surface area (Å²) in [5.41, 5.74) is 0. The molecule has 78 valence electrons. The average molecular weight is 198 g/mol. The number of aromatic nitrogens is 2. The second-order valence-corrected chi connectivity index (χ2v) is 3.44. The number of aliphatic hydroxyl groups excluding tert-OH is 1. The summed E-state index contributed by atoms with van der Waals surface area (Å²) in [5.74, 6) is 0.942. The number of ether oxygens (including phenoxy) is 1. The van der Waals surface area contributed by atoms with Gasteiger partial charge in [-0.05, 0) is 19.3 Å². The molecule has 1 atom stereocenters. The zero-order chi connectivity index (χ0) is 9.80. The van der Waals surface area contributed by atoms with Crippen LogP contribution in [0.5, 0.6) is 0 Å². The molecule has 14 heavy (non-hydrogen) atoms. The molecule has 5 heteroatoms. The molecule has 0 aliphatic carbocycles. The van der Waals surface area contributed by atoms with E-state index in [1.807, 2.05) is 0 Å². The van der Waals surface area contributed by atoms with Gasteiger partial charge >= 0.3 is 0 Å². The number of hydrogen-bond donors (Lipinski definition) is 1. The van der Waals surface area contributed by atoms with Gasteiger partial charge in [-0.25, -0.2) is 0 Å². The highest BCUT2D eigenvalue weighted by molar-refractivity contribution is 4.85. The number of aryl methyl sites for hydroxylation is 1. The van der Waals surface area contributed by atoms with Gasteiger partial charge in [0.25, 0.3) is 0 Å². The van der Waals surface area contributed by atoms with E-state index in [0.29, 0.717) is 17.8 Å². The predicted molar refractivity (Wildman–Crippen MR) is 47.5 cm³/mol. The van der Waals surface area contributed by atoms with Crippen LogP contribution >= 0.6 is 0 Å². The van der Waals surface area contributed by atoms with Crippen molar-refractivity contribution in [3.8, 4) is 0 Å². The van der Waals surface area contributed by atoms with E-state index in [1.54, 1.807) is 0 Å². The molecular weight excluding hydrogens is 184 g/mol. The first kappa shape index (κ1) is 9.61. The Kier molecular flexibility index (Phi) is 3.10. The van der Waals surface area contributed by atoms with Crippen molar-refractivity contribution >= 4 is 0 Å². The lowest BCUT2D eigenvalue weighted by Gasteiger charge is -2.05. The van der Waals surface area contributed by atoms with Crippen molar-refractivity contribution in [3.05, 3.63) is 11.7 Å². The molecule has 1 aromatic rings. The number of nitrogens with zero attached hydrogens (tertiary/aromatic N) is 2. The number of hydrogen-bond acceptors (Lipinski definition) is 5. The first-order chi connectivity index (χ1) is 6.88. The van der Waals surface area contributed by atoms with E-state index < -0.39 is 0 Å². The number of aliphatic hydroxyl groups is 1. The molecule has 0 amide bonds. The van der Waals surface area contributed by atoms with Crippen LogP contribution in [0.3, 0.4) is 0 Å². The smallest absolute Gasteiger partial charge is 0.226 e. The summed E-state index contributed by atoms with van der Waals surface area (Å²) in [5, 5.41) is 12.3. The van der Waals surface area contributed by atoms with Crippen LogP contribution < -0.4 is 0 Å². The Morgan fingerprint density at radius 1 is 1.50 bits per heavy atom. The van der Waals surface area contributed by atoms with E-state index in [-0.39, 0.29) is 6.61 Å². The van der Waals surface area contributed by atoms with E-state index in [0.717, 1.165) is 32.3 Å². The maximum absolute atomic E-state index is 8.72. The monoisotopic (exact) mass is 198 g/mol. The minimum absolute atomic E-state index is 0.163. The molecular formula is C9H14N2O3. The van der Waals surface area contributed by atoms with Crippen LogP contribution in [0, 0.1) is 0 Å². The van der Waals surface area contributed by atoms with E-state index in [1.165, 1.54) is 0 Å². The lowest BCUT2D eigenvalue weighted by atomic mass is 10.1. The molecule has 1 aliphatic heterocycles. The molecule has 1 N–H and O–H groups in total. The van der Waals surface area contributed by atoms with Crippen LogP contribution in [0.2, 0.25) is 0 Å². The van der Waals surface area contributed by atoms with Gasteiger partial charge in [0.2, 0.25) is 5.89 Å². The minimum atomic E-state index is -0.163. The summed E-state index contributed by atoms with van der Waals surface area (Å²) in [7, 11) is 0. The van der Waals surface area contributed by atoms with E-state index in [4.69, 9.17) is 14.4 Å².